The number of likely N-dealkylation sites (N-methyl/N-ethyl adjacent to an activating group) is 1. The molecule has 1 aromatic carbocycles. The lowest BCUT2D eigenvalue weighted by atomic mass is 10.1. The molecule has 1 unspecified atom stereocenters. The summed E-state index contributed by atoms with van der Waals surface area (Å²) >= 11 is 0. The number of phosphoric acid groups is 1. The average Bonchev–Trinajstić information content (AvgIpc) is 2.62. The molecule has 1 rings (SSSR count). The molecular weight excluding hydrogens is 449 g/mol. The van der Waals surface area contributed by atoms with Gasteiger partial charge in [-0.05, 0) is 38.3 Å². The maximum Gasteiger partial charge on any atom is 0.472 e. The van der Waals surface area contributed by atoms with Gasteiger partial charge in [-0.1, -0.05) is 43.4 Å². The molecule has 0 saturated carbocycles. The number of aliphatic carboxylic acids is 1. The third kappa shape index (κ3) is 15.9. The van der Waals surface area contributed by atoms with Gasteiger partial charge < -0.3 is 24.7 Å². The molecule has 3 N–H and O–H groups in total. The van der Waals surface area contributed by atoms with Gasteiger partial charge in [-0.25, -0.2) is 4.57 Å². The van der Waals surface area contributed by atoms with E-state index in [0.29, 0.717) is 17.5 Å². The molecule has 0 saturated heterocycles. The summed E-state index contributed by atoms with van der Waals surface area (Å²) in [7, 11) is 1.29. The minimum Gasteiger partial charge on any atom is -0.870 e. The summed E-state index contributed by atoms with van der Waals surface area (Å²) in [4.78, 5) is 20.9. The molecule has 0 aliphatic heterocycles. The Labute approximate surface area is 198 Å². The van der Waals surface area contributed by atoms with Crippen LogP contribution in [0.1, 0.15) is 56.1 Å². The number of phosphoric ester groups is 1. The van der Waals surface area contributed by atoms with Gasteiger partial charge in [0.2, 0.25) is 0 Å². The number of carbonyl (C=O) groups is 1. The summed E-state index contributed by atoms with van der Waals surface area (Å²) in [6.45, 7) is 5.21. The van der Waals surface area contributed by atoms with E-state index in [9.17, 15) is 14.3 Å². The van der Waals surface area contributed by atoms with Crippen LogP contribution < -0.4 is 4.74 Å². The summed E-state index contributed by atoms with van der Waals surface area (Å²) in [5, 5.41) is 9.00. The van der Waals surface area contributed by atoms with Crippen molar-refractivity contribution in [3.05, 3.63) is 29.3 Å². The predicted molar refractivity (Wildman–Crippen MR) is 127 cm³/mol. The number of nitrogens with zero attached hydrogens (tertiary/aromatic N) is 1. The van der Waals surface area contributed by atoms with Gasteiger partial charge in [-0.2, -0.15) is 0 Å². The molecule has 10 heteroatoms. The van der Waals surface area contributed by atoms with Crippen LogP contribution >= 0.6 is 7.82 Å². The highest BCUT2D eigenvalue weighted by Gasteiger charge is 2.31. The van der Waals surface area contributed by atoms with Gasteiger partial charge in [0.25, 0.3) is 0 Å². The molecule has 0 bridgehead atoms. The second-order valence-electron chi connectivity index (χ2n) is 9.34. The van der Waals surface area contributed by atoms with E-state index >= 15 is 0 Å². The topological polar surface area (TPSA) is 132 Å². The minimum atomic E-state index is -4.29. The van der Waals surface area contributed by atoms with E-state index in [0.717, 1.165) is 43.4 Å². The number of rotatable bonds is 17. The Morgan fingerprint density at radius 2 is 1.61 bits per heavy atom. The monoisotopic (exact) mass is 491 g/mol. The summed E-state index contributed by atoms with van der Waals surface area (Å²) in [5.74, 6) is -0.140. The molecule has 9 nitrogen and oxygen atoms in total. The molecule has 0 aromatic heterocycles. The van der Waals surface area contributed by atoms with Crippen molar-refractivity contribution < 1.29 is 43.1 Å². The number of benzene rings is 1. The number of aryl methyl sites for hydroxylation is 2. The molecule has 0 aliphatic rings. The number of quaternary nitrogens is 1. The fourth-order valence-corrected chi connectivity index (χ4v) is 4.33. The second-order valence-corrected chi connectivity index (χ2v) is 10.7. The number of ether oxygens (including phenoxy) is 1. The SMILES string of the molecule is Cc1ccc(OCCCCCCCCOP(=O)(O)O[C@H](CC(=O)O)C[N+](C)(C)C)c(C)c1.[OH-]. The van der Waals surface area contributed by atoms with Crippen LogP contribution in [0.2, 0.25) is 0 Å². The molecule has 0 spiro atoms. The third-order valence-electron chi connectivity index (χ3n) is 4.82. The van der Waals surface area contributed by atoms with Crippen LogP contribution in [-0.4, -0.2) is 72.9 Å². The lowest BCUT2D eigenvalue weighted by Gasteiger charge is -2.29. The van der Waals surface area contributed by atoms with Crippen LogP contribution in [-0.2, 0) is 18.4 Å². The molecule has 0 heterocycles. The van der Waals surface area contributed by atoms with Crippen molar-refractivity contribution in [2.24, 2.45) is 0 Å². The molecule has 0 radical (unpaired) electrons. The van der Waals surface area contributed by atoms with Crippen LogP contribution in [0.3, 0.4) is 0 Å². The lowest BCUT2D eigenvalue weighted by molar-refractivity contribution is -0.873. The van der Waals surface area contributed by atoms with Gasteiger partial charge in [0, 0.05) is 0 Å². The zero-order chi connectivity index (χ0) is 24.2. The van der Waals surface area contributed by atoms with Gasteiger partial charge >= 0.3 is 13.8 Å². The van der Waals surface area contributed by atoms with Crippen LogP contribution in [0.4, 0.5) is 0 Å². The smallest absolute Gasteiger partial charge is 0.472 e. The van der Waals surface area contributed by atoms with Crippen LogP contribution in [0.15, 0.2) is 18.2 Å². The highest BCUT2D eigenvalue weighted by atomic mass is 31.2. The lowest BCUT2D eigenvalue weighted by Crippen LogP contribution is -2.42. The average molecular weight is 492 g/mol. The Bertz CT molecular complexity index is 750. The zero-order valence-corrected chi connectivity index (χ0v) is 21.6. The summed E-state index contributed by atoms with van der Waals surface area (Å²) in [5.41, 5.74) is 2.38. The summed E-state index contributed by atoms with van der Waals surface area (Å²) < 4.78 is 28.6. The van der Waals surface area contributed by atoms with Crippen LogP contribution in [0.5, 0.6) is 5.75 Å². The van der Waals surface area contributed by atoms with Crippen molar-refractivity contribution in [3.63, 3.8) is 0 Å². The van der Waals surface area contributed by atoms with E-state index in [4.69, 9.17) is 18.9 Å². The summed E-state index contributed by atoms with van der Waals surface area (Å²) in [6.07, 6.45) is 4.41. The quantitative estimate of drug-likeness (QED) is 0.185. The molecular formula is C23H42NO8P. The van der Waals surface area contributed by atoms with Crippen molar-refractivity contribution in [3.8, 4) is 5.75 Å². The third-order valence-corrected chi connectivity index (χ3v) is 5.89. The van der Waals surface area contributed by atoms with Crippen molar-refractivity contribution in [2.75, 3.05) is 40.9 Å². The Morgan fingerprint density at radius 1 is 1.03 bits per heavy atom. The molecule has 0 amide bonds. The van der Waals surface area contributed by atoms with Gasteiger partial charge in [-0.3, -0.25) is 13.8 Å². The van der Waals surface area contributed by atoms with Crippen molar-refractivity contribution in [1.29, 1.82) is 0 Å². The number of hydrogen-bond acceptors (Lipinski definition) is 6. The molecule has 1 aromatic rings. The van der Waals surface area contributed by atoms with Crippen molar-refractivity contribution in [2.45, 2.75) is 64.9 Å². The van der Waals surface area contributed by atoms with Crippen LogP contribution in [0, 0.1) is 13.8 Å². The Hall–Kier alpha value is -1.48. The minimum absolute atomic E-state index is 0. The highest BCUT2D eigenvalue weighted by molar-refractivity contribution is 7.47. The first-order valence-corrected chi connectivity index (χ1v) is 12.8. The van der Waals surface area contributed by atoms with E-state index in [2.05, 4.69) is 26.0 Å². The van der Waals surface area contributed by atoms with E-state index in [1.54, 1.807) is 0 Å². The molecule has 192 valence electrons. The first-order chi connectivity index (χ1) is 14.9. The van der Waals surface area contributed by atoms with Crippen LogP contribution in [0.25, 0.3) is 0 Å². The molecule has 33 heavy (non-hydrogen) atoms. The van der Waals surface area contributed by atoms with E-state index in [1.807, 2.05) is 27.2 Å². The van der Waals surface area contributed by atoms with Gasteiger partial charge in [0.15, 0.2) is 0 Å². The van der Waals surface area contributed by atoms with E-state index in [-0.39, 0.29) is 25.0 Å². The highest BCUT2D eigenvalue weighted by Crippen LogP contribution is 2.45. The number of carboxylic acid groups (broad SMARTS) is 1. The first kappa shape index (κ1) is 31.5. The molecule has 0 aliphatic carbocycles. The van der Waals surface area contributed by atoms with Crippen molar-refractivity contribution >= 4 is 13.8 Å². The Morgan fingerprint density at radius 3 is 2.15 bits per heavy atom. The fraction of sp³-hybridized carbons (Fsp3) is 0.696. The van der Waals surface area contributed by atoms with Gasteiger partial charge in [0.1, 0.15) is 18.4 Å². The number of unbranched alkanes of at least 4 members (excludes halogenated alkanes) is 5. The number of carboxylic acids is 1. The summed E-state index contributed by atoms with van der Waals surface area (Å²) in [6, 6.07) is 6.18. The zero-order valence-electron chi connectivity index (χ0n) is 20.7. The van der Waals surface area contributed by atoms with E-state index in [1.165, 1.54) is 5.56 Å². The predicted octanol–water partition coefficient (Wildman–Crippen LogP) is 4.53. The Kier molecular flexibility index (Phi) is 14.7. The normalized spacial score (nSPS) is 14.2. The molecule has 0 fully saturated rings. The number of hydrogen-bond donors (Lipinski definition) is 2. The maximum atomic E-state index is 12.2. The first-order valence-electron chi connectivity index (χ1n) is 11.3. The second kappa shape index (κ2) is 15.4. The standard InChI is InChI=1S/C23H40NO7P.H2O/c1-19-12-13-22(20(2)16-19)29-14-10-8-6-7-9-11-15-30-32(27,28)31-21(17-23(25)26)18-24(3,4)5;/h12-13,16,21H,6-11,14-15,17-18H2,1-5H3,(H-,25,26,27,28);1H2/t21-;/m1./s1. The van der Waals surface area contributed by atoms with Gasteiger partial charge in [0.05, 0.1) is 40.8 Å². The maximum absolute atomic E-state index is 12.2. The Balaban J connectivity index is 0.0000102. The largest absolute Gasteiger partial charge is 0.870 e. The van der Waals surface area contributed by atoms with Gasteiger partial charge in [-0.15, -0.1) is 0 Å². The van der Waals surface area contributed by atoms with E-state index < -0.39 is 19.9 Å². The fourth-order valence-electron chi connectivity index (χ4n) is 3.39. The van der Waals surface area contributed by atoms with Crippen molar-refractivity contribution in [1.82, 2.24) is 0 Å². The molecule has 2 atom stereocenters.